The van der Waals surface area contributed by atoms with Crippen molar-refractivity contribution in [1.82, 2.24) is 4.90 Å². The van der Waals surface area contributed by atoms with E-state index in [1.807, 2.05) is 0 Å². The van der Waals surface area contributed by atoms with E-state index in [-0.39, 0.29) is 11.6 Å². The van der Waals surface area contributed by atoms with Crippen molar-refractivity contribution in [2.24, 2.45) is 0 Å². The van der Waals surface area contributed by atoms with Crippen LogP contribution in [0, 0.1) is 12.7 Å². The summed E-state index contributed by atoms with van der Waals surface area (Å²) in [7, 11) is 1.67. The lowest BCUT2D eigenvalue weighted by Gasteiger charge is -2.25. The number of nitrogens with zero attached hydrogens (tertiary/aromatic N) is 1. The Hall–Kier alpha value is -1.26. The van der Waals surface area contributed by atoms with Crippen molar-refractivity contribution >= 4 is 5.78 Å². The lowest BCUT2D eigenvalue weighted by molar-refractivity contribution is 0.0927. The maximum Gasteiger partial charge on any atom is 0.164 e. The minimum atomic E-state index is -0.323. The highest BCUT2D eigenvalue weighted by molar-refractivity contribution is 5.96. The van der Waals surface area contributed by atoms with Gasteiger partial charge < -0.3 is 4.74 Å². The summed E-state index contributed by atoms with van der Waals surface area (Å²) < 4.78 is 18.5. The first-order valence-electron chi connectivity index (χ1n) is 6.98. The molecule has 112 valence electrons. The van der Waals surface area contributed by atoms with Gasteiger partial charge in [-0.25, -0.2) is 4.39 Å². The molecule has 0 N–H and O–H groups in total. The molecule has 0 saturated carbocycles. The van der Waals surface area contributed by atoms with Crippen LogP contribution in [-0.4, -0.2) is 43.5 Å². The predicted octanol–water partition coefficient (Wildman–Crippen LogP) is 3.06. The molecule has 1 aromatic carbocycles. The molecule has 3 nitrogen and oxygen atoms in total. The fourth-order valence-electron chi connectivity index (χ4n) is 1.99. The Balaban J connectivity index is 2.58. The summed E-state index contributed by atoms with van der Waals surface area (Å²) in [5.41, 5.74) is 1.01. The van der Waals surface area contributed by atoms with Crippen LogP contribution < -0.4 is 0 Å². The molecule has 0 aliphatic rings. The highest BCUT2D eigenvalue weighted by Gasteiger charge is 2.13. The number of carbonyl (C=O) groups is 1. The Morgan fingerprint density at radius 1 is 1.35 bits per heavy atom. The third kappa shape index (κ3) is 5.02. The fraction of sp³-hybridized carbons (Fsp3) is 0.562. The van der Waals surface area contributed by atoms with Gasteiger partial charge >= 0.3 is 0 Å². The van der Waals surface area contributed by atoms with Crippen LogP contribution in [0.2, 0.25) is 0 Å². The topological polar surface area (TPSA) is 29.5 Å². The molecule has 0 heterocycles. The first-order chi connectivity index (χ1) is 9.45. The van der Waals surface area contributed by atoms with Crippen LogP contribution in [0.25, 0.3) is 0 Å². The van der Waals surface area contributed by atoms with E-state index in [2.05, 4.69) is 18.7 Å². The SMILES string of the molecule is COCCN(CCC(=O)c1ccc(C)c(F)c1)C(C)C. The number of hydrogen-bond acceptors (Lipinski definition) is 3. The summed E-state index contributed by atoms with van der Waals surface area (Å²) >= 11 is 0. The molecule has 0 aliphatic heterocycles. The van der Waals surface area contributed by atoms with Gasteiger partial charge in [-0.05, 0) is 32.4 Å². The summed E-state index contributed by atoms with van der Waals surface area (Å²) in [4.78, 5) is 14.3. The van der Waals surface area contributed by atoms with E-state index in [0.29, 0.717) is 36.7 Å². The van der Waals surface area contributed by atoms with Crippen LogP contribution in [0.15, 0.2) is 18.2 Å². The number of hydrogen-bond donors (Lipinski definition) is 0. The molecule has 0 spiro atoms. The van der Waals surface area contributed by atoms with Crippen LogP contribution in [0.3, 0.4) is 0 Å². The van der Waals surface area contributed by atoms with Crippen LogP contribution >= 0.6 is 0 Å². The molecule has 1 aromatic rings. The smallest absolute Gasteiger partial charge is 0.164 e. The van der Waals surface area contributed by atoms with Gasteiger partial charge in [0.25, 0.3) is 0 Å². The van der Waals surface area contributed by atoms with Crippen molar-refractivity contribution in [1.29, 1.82) is 0 Å². The maximum absolute atomic E-state index is 13.5. The number of carbonyl (C=O) groups excluding carboxylic acids is 1. The molecule has 0 atom stereocenters. The molecule has 0 fully saturated rings. The van der Waals surface area contributed by atoms with Crippen LogP contribution in [0.5, 0.6) is 0 Å². The summed E-state index contributed by atoms with van der Waals surface area (Å²) in [5.74, 6) is -0.345. The Bertz CT molecular complexity index is 446. The number of Topliss-reactive ketones (excluding diaryl/α,β-unsaturated/α-hetero) is 1. The van der Waals surface area contributed by atoms with Crippen molar-refractivity contribution in [2.45, 2.75) is 33.2 Å². The summed E-state index contributed by atoms with van der Waals surface area (Å²) in [6.45, 7) is 7.97. The number of methoxy groups -OCH3 is 1. The van der Waals surface area contributed by atoms with Crippen molar-refractivity contribution in [3.05, 3.63) is 35.1 Å². The maximum atomic E-state index is 13.5. The van der Waals surface area contributed by atoms with Gasteiger partial charge in [0.15, 0.2) is 5.78 Å². The highest BCUT2D eigenvalue weighted by Crippen LogP contribution is 2.12. The van der Waals surface area contributed by atoms with E-state index in [0.717, 1.165) is 6.54 Å². The minimum absolute atomic E-state index is 0.0213. The van der Waals surface area contributed by atoms with E-state index in [9.17, 15) is 9.18 Å². The number of benzene rings is 1. The minimum Gasteiger partial charge on any atom is -0.383 e. The standard InChI is InChI=1S/C16H24FNO2/c1-12(2)18(9-10-20-4)8-7-16(19)14-6-5-13(3)15(17)11-14/h5-6,11-12H,7-10H2,1-4H3. The molecule has 0 aromatic heterocycles. The second kappa shape index (κ2) is 8.12. The molecule has 0 bridgehead atoms. The molecule has 1 rings (SSSR count). The zero-order valence-electron chi connectivity index (χ0n) is 12.8. The normalized spacial score (nSPS) is 11.3. The number of aryl methyl sites for hydroxylation is 1. The van der Waals surface area contributed by atoms with Gasteiger partial charge in [-0.1, -0.05) is 12.1 Å². The Labute approximate surface area is 120 Å². The third-order valence-electron chi connectivity index (χ3n) is 3.43. The largest absolute Gasteiger partial charge is 0.383 e. The average molecular weight is 281 g/mol. The van der Waals surface area contributed by atoms with Gasteiger partial charge in [-0.15, -0.1) is 0 Å². The van der Waals surface area contributed by atoms with Gasteiger partial charge in [0.1, 0.15) is 5.82 Å². The predicted molar refractivity (Wildman–Crippen MR) is 78.7 cm³/mol. The van der Waals surface area contributed by atoms with Crippen molar-refractivity contribution in [3.8, 4) is 0 Å². The fourth-order valence-corrected chi connectivity index (χ4v) is 1.99. The molecule has 0 radical (unpaired) electrons. The Kier molecular flexibility index (Phi) is 6.82. The second-order valence-corrected chi connectivity index (χ2v) is 5.26. The molecule has 20 heavy (non-hydrogen) atoms. The number of halogens is 1. The Morgan fingerprint density at radius 3 is 2.60 bits per heavy atom. The summed E-state index contributed by atoms with van der Waals surface area (Å²) in [5, 5.41) is 0. The number of ether oxygens (including phenoxy) is 1. The van der Waals surface area contributed by atoms with Gasteiger partial charge in [0.05, 0.1) is 6.61 Å². The lowest BCUT2D eigenvalue weighted by Crippen LogP contribution is -2.35. The van der Waals surface area contributed by atoms with Crippen molar-refractivity contribution in [2.75, 3.05) is 26.8 Å². The molecule has 0 amide bonds. The number of rotatable bonds is 8. The average Bonchev–Trinajstić information content (AvgIpc) is 2.41. The second-order valence-electron chi connectivity index (χ2n) is 5.26. The van der Waals surface area contributed by atoms with Crippen molar-refractivity contribution < 1.29 is 13.9 Å². The van der Waals surface area contributed by atoms with Crippen LogP contribution in [-0.2, 0) is 4.74 Å². The molecular weight excluding hydrogens is 257 g/mol. The third-order valence-corrected chi connectivity index (χ3v) is 3.43. The van der Waals surface area contributed by atoms with E-state index in [4.69, 9.17) is 4.74 Å². The zero-order valence-corrected chi connectivity index (χ0v) is 12.8. The Morgan fingerprint density at radius 2 is 2.05 bits per heavy atom. The first kappa shape index (κ1) is 16.8. The molecule has 4 heteroatoms. The first-order valence-corrected chi connectivity index (χ1v) is 6.98. The highest BCUT2D eigenvalue weighted by atomic mass is 19.1. The van der Waals surface area contributed by atoms with Gasteiger partial charge in [-0.3, -0.25) is 9.69 Å². The van der Waals surface area contributed by atoms with Crippen molar-refractivity contribution in [3.63, 3.8) is 0 Å². The van der Waals surface area contributed by atoms with E-state index in [1.165, 1.54) is 6.07 Å². The summed E-state index contributed by atoms with van der Waals surface area (Å²) in [6.07, 6.45) is 0.393. The lowest BCUT2D eigenvalue weighted by atomic mass is 10.1. The van der Waals surface area contributed by atoms with E-state index < -0.39 is 0 Å². The quantitative estimate of drug-likeness (QED) is 0.686. The van der Waals surface area contributed by atoms with Gasteiger partial charge in [-0.2, -0.15) is 0 Å². The van der Waals surface area contributed by atoms with Gasteiger partial charge in [0, 0.05) is 38.2 Å². The van der Waals surface area contributed by atoms with Gasteiger partial charge in [0.2, 0.25) is 0 Å². The molecule has 0 aliphatic carbocycles. The number of ketones is 1. The molecule has 0 saturated heterocycles. The van der Waals surface area contributed by atoms with E-state index >= 15 is 0 Å². The van der Waals surface area contributed by atoms with Crippen LogP contribution in [0.1, 0.15) is 36.2 Å². The monoisotopic (exact) mass is 281 g/mol. The summed E-state index contributed by atoms with van der Waals surface area (Å²) in [6, 6.07) is 5.02. The van der Waals surface area contributed by atoms with E-state index in [1.54, 1.807) is 26.2 Å². The molecular formula is C16H24FNO2. The zero-order chi connectivity index (χ0) is 15.1. The van der Waals surface area contributed by atoms with Crippen LogP contribution in [0.4, 0.5) is 4.39 Å². The molecule has 0 unspecified atom stereocenters.